The first-order valence-electron chi connectivity index (χ1n) is 6.62. The van der Waals surface area contributed by atoms with Gasteiger partial charge in [0.05, 0.1) is 6.54 Å². The molecule has 0 bridgehead atoms. The Kier molecular flexibility index (Phi) is 4.19. The Morgan fingerprint density at radius 2 is 2.32 bits per heavy atom. The van der Waals surface area contributed by atoms with Crippen molar-refractivity contribution in [1.29, 1.82) is 0 Å². The monoisotopic (exact) mass is 264 g/mol. The van der Waals surface area contributed by atoms with Crippen molar-refractivity contribution in [3.63, 3.8) is 0 Å². The lowest BCUT2D eigenvalue weighted by Gasteiger charge is -2.31. The van der Waals surface area contributed by atoms with E-state index in [4.69, 9.17) is 0 Å². The molecule has 19 heavy (non-hydrogen) atoms. The summed E-state index contributed by atoms with van der Waals surface area (Å²) in [7, 11) is 1.70. The molecule has 1 atom stereocenters. The summed E-state index contributed by atoms with van der Waals surface area (Å²) in [6.07, 6.45) is 3.77. The van der Waals surface area contributed by atoms with Gasteiger partial charge in [0.15, 0.2) is 0 Å². The molecule has 2 amide bonds. The number of aromatic nitrogens is 2. The number of likely N-dealkylation sites (tertiary alicyclic amines) is 1. The van der Waals surface area contributed by atoms with Crippen molar-refractivity contribution in [2.45, 2.75) is 19.8 Å². The van der Waals surface area contributed by atoms with Crippen LogP contribution in [0.3, 0.4) is 0 Å². The lowest BCUT2D eigenvalue weighted by Crippen LogP contribution is -2.44. The van der Waals surface area contributed by atoms with Crippen LogP contribution < -0.4 is 5.32 Å². The molecule has 0 aliphatic carbocycles. The first kappa shape index (κ1) is 13.6. The summed E-state index contributed by atoms with van der Waals surface area (Å²) in [5, 5.41) is 6.57. The molecule has 0 radical (unpaired) electrons. The van der Waals surface area contributed by atoms with Crippen LogP contribution in [-0.2, 0) is 11.8 Å². The Bertz CT molecular complexity index is 469. The predicted octanol–water partition coefficient (Wildman–Crippen LogP) is 0.408. The molecule has 2 heterocycles. The fourth-order valence-electron chi connectivity index (χ4n) is 2.37. The highest BCUT2D eigenvalue weighted by Crippen LogP contribution is 2.15. The maximum atomic E-state index is 12.0. The van der Waals surface area contributed by atoms with Gasteiger partial charge in [-0.15, -0.1) is 0 Å². The summed E-state index contributed by atoms with van der Waals surface area (Å²) in [6, 6.07) is 1.63. The third-order valence-corrected chi connectivity index (χ3v) is 3.46. The largest absolute Gasteiger partial charge is 0.342 e. The van der Waals surface area contributed by atoms with E-state index in [0.29, 0.717) is 11.6 Å². The SMILES string of the molecule is C[C@H]1CCCN(C(=O)CNC(=O)c2ccnn2C)C1. The summed E-state index contributed by atoms with van der Waals surface area (Å²) >= 11 is 0. The van der Waals surface area contributed by atoms with Crippen molar-refractivity contribution in [3.05, 3.63) is 18.0 Å². The van der Waals surface area contributed by atoms with Gasteiger partial charge in [0.2, 0.25) is 5.91 Å². The van der Waals surface area contributed by atoms with E-state index >= 15 is 0 Å². The van der Waals surface area contributed by atoms with E-state index in [1.165, 1.54) is 11.1 Å². The smallest absolute Gasteiger partial charge is 0.269 e. The standard InChI is InChI=1S/C13H20N4O2/c1-10-4-3-7-17(9-10)12(18)8-14-13(19)11-5-6-15-16(11)2/h5-6,10H,3-4,7-9H2,1-2H3,(H,14,19)/t10-/m0/s1. The second-order valence-corrected chi connectivity index (χ2v) is 5.11. The highest BCUT2D eigenvalue weighted by Gasteiger charge is 2.21. The van der Waals surface area contributed by atoms with Gasteiger partial charge in [0.25, 0.3) is 5.91 Å². The van der Waals surface area contributed by atoms with Crippen molar-refractivity contribution in [2.24, 2.45) is 13.0 Å². The third-order valence-electron chi connectivity index (χ3n) is 3.46. The Hall–Kier alpha value is -1.85. The Labute approximate surface area is 112 Å². The van der Waals surface area contributed by atoms with Gasteiger partial charge in [-0.1, -0.05) is 6.92 Å². The highest BCUT2D eigenvalue weighted by atomic mass is 16.2. The molecule has 6 nitrogen and oxygen atoms in total. The molecule has 1 aromatic heterocycles. The molecule has 1 N–H and O–H groups in total. The minimum absolute atomic E-state index is 0.0120. The summed E-state index contributed by atoms with van der Waals surface area (Å²) in [4.78, 5) is 25.7. The molecule has 1 saturated heterocycles. The van der Waals surface area contributed by atoms with Crippen LogP contribution in [0.1, 0.15) is 30.3 Å². The number of carbonyl (C=O) groups is 2. The van der Waals surface area contributed by atoms with Gasteiger partial charge in [-0.3, -0.25) is 14.3 Å². The molecular formula is C13H20N4O2. The average Bonchev–Trinajstić information content (AvgIpc) is 2.82. The predicted molar refractivity (Wildman–Crippen MR) is 70.5 cm³/mol. The normalized spacial score (nSPS) is 19.3. The molecule has 1 aliphatic rings. The maximum absolute atomic E-state index is 12.0. The number of hydrogen-bond acceptors (Lipinski definition) is 3. The van der Waals surface area contributed by atoms with Gasteiger partial charge in [0, 0.05) is 26.3 Å². The zero-order valence-electron chi connectivity index (χ0n) is 11.4. The first-order valence-corrected chi connectivity index (χ1v) is 6.62. The molecule has 104 valence electrons. The lowest BCUT2D eigenvalue weighted by atomic mass is 10.0. The van der Waals surface area contributed by atoms with Crippen molar-refractivity contribution >= 4 is 11.8 Å². The van der Waals surface area contributed by atoms with E-state index in [1.54, 1.807) is 19.3 Å². The number of rotatable bonds is 3. The van der Waals surface area contributed by atoms with Gasteiger partial charge in [-0.25, -0.2) is 0 Å². The Morgan fingerprint density at radius 1 is 1.53 bits per heavy atom. The van der Waals surface area contributed by atoms with Gasteiger partial charge in [-0.2, -0.15) is 5.10 Å². The summed E-state index contributed by atoms with van der Waals surface area (Å²) in [5.41, 5.74) is 0.458. The number of piperidine rings is 1. The van der Waals surface area contributed by atoms with Gasteiger partial charge in [0.1, 0.15) is 5.69 Å². The number of hydrogen-bond donors (Lipinski definition) is 1. The first-order chi connectivity index (χ1) is 9.08. The summed E-state index contributed by atoms with van der Waals surface area (Å²) < 4.78 is 1.49. The summed E-state index contributed by atoms with van der Waals surface area (Å²) in [6.45, 7) is 3.79. The van der Waals surface area contributed by atoms with Crippen molar-refractivity contribution in [3.8, 4) is 0 Å². The minimum Gasteiger partial charge on any atom is -0.342 e. The molecule has 1 fully saturated rings. The Balaban J connectivity index is 1.83. The van der Waals surface area contributed by atoms with Crippen LogP contribution in [0.2, 0.25) is 0 Å². The summed E-state index contributed by atoms with van der Waals surface area (Å²) in [5.74, 6) is 0.269. The van der Waals surface area contributed by atoms with Gasteiger partial charge in [-0.05, 0) is 24.8 Å². The number of aryl methyl sites for hydroxylation is 1. The number of nitrogens with one attached hydrogen (secondary N) is 1. The highest BCUT2D eigenvalue weighted by molar-refractivity contribution is 5.95. The second-order valence-electron chi connectivity index (χ2n) is 5.11. The minimum atomic E-state index is -0.265. The Morgan fingerprint density at radius 3 is 2.95 bits per heavy atom. The van der Waals surface area contributed by atoms with Gasteiger partial charge < -0.3 is 10.2 Å². The quantitative estimate of drug-likeness (QED) is 0.859. The van der Waals surface area contributed by atoms with E-state index in [1.807, 2.05) is 4.90 Å². The number of carbonyl (C=O) groups excluding carboxylic acids is 2. The zero-order chi connectivity index (χ0) is 13.8. The average molecular weight is 264 g/mol. The topological polar surface area (TPSA) is 67.2 Å². The van der Waals surface area contributed by atoms with E-state index in [0.717, 1.165) is 19.5 Å². The zero-order valence-corrected chi connectivity index (χ0v) is 11.4. The number of nitrogens with zero attached hydrogens (tertiary/aromatic N) is 3. The second kappa shape index (κ2) is 5.86. The van der Waals surface area contributed by atoms with E-state index < -0.39 is 0 Å². The fraction of sp³-hybridized carbons (Fsp3) is 0.615. The molecule has 6 heteroatoms. The molecule has 2 rings (SSSR count). The molecule has 0 aromatic carbocycles. The van der Waals surface area contributed by atoms with E-state index in [2.05, 4.69) is 17.3 Å². The fourth-order valence-corrected chi connectivity index (χ4v) is 2.37. The van der Waals surface area contributed by atoms with Crippen LogP contribution in [0, 0.1) is 5.92 Å². The van der Waals surface area contributed by atoms with E-state index in [-0.39, 0.29) is 18.4 Å². The molecule has 0 unspecified atom stereocenters. The molecule has 0 spiro atoms. The van der Waals surface area contributed by atoms with Crippen LogP contribution in [-0.4, -0.2) is 46.1 Å². The van der Waals surface area contributed by atoms with Gasteiger partial charge >= 0.3 is 0 Å². The lowest BCUT2D eigenvalue weighted by molar-refractivity contribution is -0.131. The van der Waals surface area contributed by atoms with Crippen molar-refractivity contribution in [1.82, 2.24) is 20.0 Å². The van der Waals surface area contributed by atoms with E-state index in [9.17, 15) is 9.59 Å². The third kappa shape index (κ3) is 3.33. The van der Waals surface area contributed by atoms with Crippen LogP contribution in [0.15, 0.2) is 12.3 Å². The van der Waals surface area contributed by atoms with Crippen LogP contribution in [0.5, 0.6) is 0 Å². The number of amides is 2. The molecule has 0 saturated carbocycles. The van der Waals surface area contributed by atoms with Crippen LogP contribution in [0.25, 0.3) is 0 Å². The molecule has 1 aromatic rings. The molecular weight excluding hydrogens is 244 g/mol. The van der Waals surface area contributed by atoms with Crippen molar-refractivity contribution in [2.75, 3.05) is 19.6 Å². The van der Waals surface area contributed by atoms with Crippen LogP contribution >= 0.6 is 0 Å². The molecule has 1 aliphatic heterocycles. The maximum Gasteiger partial charge on any atom is 0.269 e. The van der Waals surface area contributed by atoms with Crippen molar-refractivity contribution < 1.29 is 9.59 Å². The van der Waals surface area contributed by atoms with Crippen LogP contribution in [0.4, 0.5) is 0 Å².